The van der Waals surface area contributed by atoms with Gasteiger partial charge in [-0.05, 0) is 47.1 Å². The van der Waals surface area contributed by atoms with Gasteiger partial charge in [0, 0.05) is 6.08 Å². The second kappa shape index (κ2) is 5.85. The van der Waals surface area contributed by atoms with Gasteiger partial charge in [0.1, 0.15) is 0 Å². The van der Waals surface area contributed by atoms with Crippen LogP contribution in [0.4, 0.5) is 0 Å². The Hall–Kier alpha value is -1.57. The SMILES string of the molecule is Cc1c(C(C)C)ccc(C=CC(=O)O)c1C(C)C. The zero-order valence-corrected chi connectivity index (χ0v) is 11.8. The van der Waals surface area contributed by atoms with Crippen LogP contribution in [0.25, 0.3) is 6.08 Å². The highest BCUT2D eigenvalue weighted by Gasteiger charge is 2.13. The van der Waals surface area contributed by atoms with Crippen LogP contribution in [0.5, 0.6) is 0 Å². The Balaban J connectivity index is 3.36. The lowest BCUT2D eigenvalue weighted by Crippen LogP contribution is -2.02. The first-order valence-corrected chi connectivity index (χ1v) is 6.39. The van der Waals surface area contributed by atoms with Crippen molar-refractivity contribution in [2.75, 3.05) is 0 Å². The van der Waals surface area contributed by atoms with Crippen LogP contribution >= 0.6 is 0 Å². The Morgan fingerprint density at radius 3 is 2.22 bits per heavy atom. The molecule has 18 heavy (non-hydrogen) atoms. The molecule has 1 N–H and O–H groups in total. The molecule has 0 spiro atoms. The van der Waals surface area contributed by atoms with Crippen molar-refractivity contribution in [1.29, 1.82) is 0 Å². The van der Waals surface area contributed by atoms with Gasteiger partial charge in [0.05, 0.1) is 0 Å². The van der Waals surface area contributed by atoms with E-state index in [9.17, 15) is 4.79 Å². The molecule has 0 aromatic heterocycles. The molecule has 98 valence electrons. The quantitative estimate of drug-likeness (QED) is 0.802. The van der Waals surface area contributed by atoms with E-state index in [2.05, 4.69) is 40.7 Å². The number of rotatable bonds is 4. The van der Waals surface area contributed by atoms with Gasteiger partial charge in [-0.1, -0.05) is 39.8 Å². The lowest BCUT2D eigenvalue weighted by atomic mass is 9.86. The third-order valence-electron chi connectivity index (χ3n) is 3.20. The minimum absolute atomic E-state index is 0.386. The molecule has 2 heteroatoms. The summed E-state index contributed by atoms with van der Waals surface area (Å²) in [6, 6.07) is 4.13. The lowest BCUT2D eigenvalue weighted by molar-refractivity contribution is -0.131. The van der Waals surface area contributed by atoms with E-state index >= 15 is 0 Å². The van der Waals surface area contributed by atoms with Crippen LogP contribution in [-0.2, 0) is 4.79 Å². The van der Waals surface area contributed by atoms with E-state index in [0.29, 0.717) is 11.8 Å². The second-order valence-corrected chi connectivity index (χ2v) is 5.26. The van der Waals surface area contributed by atoms with Crippen LogP contribution in [0.1, 0.15) is 61.8 Å². The third-order valence-corrected chi connectivity index (χ3v) is 3.20. The van der Waals surface area contributed by atoms with Gasteiger partial charge in [0.2, 0.25) is 0 Å². The van der Waals surface area contributed by atoms with E-state index < -0.39 is 5.97 Å². The summed E-state index contributed by atoms with van der Waals surface area (Å²) in [7, 11) is 0. The van der Waals surface area contributed by atoms with Crippen molar-refractivity contribution in [3.8, 4) is 0 Å². The predicted octanol–water partition coefficient (Wildman–Crippen LogP) is 4.34. The Morgan fingerprint density at radius 1 is 1.17 bits per heavy atom. The van der Waals surface area contributed by atoms with Crippen molar-refractivity contribution >= 4 is 12.0 Å². The third kappa shape index (κ3) is 3.22. The maximum Gasteiger partial charge on any atom is 0.328 e. The molecule has 0 radical (unpaired) electrons. The summed E-state index contributed by atoms with van der Waals surface area (Å²) in [5, 5.41) is 8.73. The fourth-order valence-electron chi connectivity index (χ4n) is 2.46. The zero-order chi connectivity index (χ0) is 13.9. The van der Waals surface area contributed by atoms with Gasteiger partial charge >= 0.3 is 5.97 Å². The van der Waals surface area contributed by atoms with Crippen LogP contribution in [0.2, 0.25) is 0 Å². The summed E-state index contributed by atoms with van der Waals surface area (Å²) in [6.45, 7) is 10.8. The molecule has 0 amide bonds. The van der Waals surface area contributed by atoms with E-state index in [1.807, 2.05) is 6.07 Å². The summed E-state index contributed by atoms with van der Waals surface area (Å²) in [4.78, 5) is 10.6. The number of hydrogen-bond acceptors (Lipinski definition) is 1. The number of hydrogen-bond donors (Lipinski definition) is 1. The molecule has 0 aliphatic heterocycles. The van der Waals surface area contributed by atoms with Gasteiger partial charge in [-0.15, -0.1) is 0 Å². The molecule has 0 unspecified atom stereocenters. The fraction of sp³-hybridized carbons (Fsp3) is 0.438. The summed E-state index contributed by atoms with van der Waals surface area (Å²) < 4.78 is 0. The van der Waals surface area contributed by atoms with Gasteiger partial charge < -0.3 is 5.11 Å². The van der Waals surface area contributed by atoms with Gasteiger partial charge in [-0.2, -0.15) is 0 Å². The molecule has 0 aliphatic carbocycles. The van der Waals surface area contributed by atoms with E-state index in [1.54, 1.807) is 6.08 Å². The normalized spacial score (nSPS) is 11.7. The van der Waals surface area contributed by atoms with Crippen LogP contribution < -0.4 is 0 Å². The monoisotopic (exact) mass is 246 g/mol. The summed E-state index contributed by atoms with van der Waals surface area (Å²) in [5.41, 5.74) is 4.88. The number of aliphatic carboxylic acids is 1. The van der Waals surface area contributed by atoms with Crippen molar-refractivity contribution in [2.24, 2.45) is 0 Å². The first-order chi connectivity index (χ1) is 8.34. The first kappa shape index (κ1) is 14.5. The number of carboxylic acids is 1. The summed E-state index contributed by atoms with van der Waals surface area (Å²) in [5.74, 6) is -0.0348. The number of carbonyl (C=O) groups is 1. The number of carboxylic acid groups (broad SMARTS) is 1. The Kier molecular flexibility index (Phi) is 4.71. The molecule has 2 nitrogen and oxygen atoms in total. The molecule has 0 saturated heterocycles. The molecule has 0 atom stereocenters. The molecule has 1 rings (SSSR count). The molecule has 0 bridgehead atoms. The van der Waals surface area contributed by atoms with Crippen LogP contribution in [0.3, 0.4) is 0 Å². The topological polar surface area (TPSA) is 37.3 Å². The lowest BCUT2D eigenvalue weighted by Gasteiger charge is -2.19. The van der Waals surface area contributed by atoms with Gasteiger partial charge in [0.25, 0.3) is 0 Å². The van der Waals surface area contributed by atoms with E-state index in [4.69, 9.17) is 5.11 Å². The predicted molar refractivity (Wildman–Crippen MR) is 76.0 cm³/mol. The maximum atomic E-state index is 10.6. The highest BCUT2D eigenvalue weighted by Crippen LogP contribution is 2.30. The maximum absolute atomic E-state index is 10.6. The van der Waals surface area contributed by atoms with E-state index in [-0.39, 0.29) is 0 Å². The van der Waals surface area contributed by atoms with Gasteiger partial charge in [-0.3, -0.25) is 0 Å². The zero-order valence-electron chi connectivity index (χ0n) is 11.8. The molecule has 0 aliphatic rings. The summed E-state index contributed by atoms with van der Waals surface area (Å²) in [6.07, 6.45) is 2.89. The second-order valence-electron chi connectivity index (χ2n) is 5.26. The Bertz CT molecular complexity index is 468. The minimum atomic E-state index is -0.907. The first-order valence-electron chi connectivity index (χ1n) is 6.39. The van der Waals surface area contributed by atoms with Crippen molar-refractivity contribution < 1.29 is 9.90 Å². The van der Waals surface area contributed by atoms with Crippen LogP contribution in [-0.4, -0.2) is 11.1 Å². The number of benzene rings is 1. The fourth-order valence-corrected chi connectivity index (χ4v) is 2.46. The minimum Gasteiger partial charge on any atom is -0.478 e. The molecular weight excluding hydrogens is 224 g/mol. The van der Waals surface area contributed by atoms with Gasteiger partial charge in [0.15, 0.2) is 0 Å². The standard InChI is InChI=1S/C16H22O2/c1-10(2)14-8-6-13(7-9-15(17)18)16(11(3)4)12(14)5/h6-11H,1-5H3,(H,17,18). The van der Waals surface area contributed by atoms with Gasteiger partial charge in [-0.25, -0.2) is 4.79 Å². The smallest absolute Gasteiger partial charge is 0.328 e. The van der Waals surface area contributed by atoms with Crippen molar-refractivity contribution in [3.63, 3.8) is 0 Å². The van der Waals surface area contributed by atoms with Crippen LogP contribution in [0, 0.1) is 6.92 Å². The highest BCUT2D eigenvalue weighted by atomic mass is 16.4. The van der Waals surface area contributed by atoms with Crippen molar-refractivity contribution in [1.82, 2.24) is 0 Å². The highest BCUT2D eigenvalue weighted by molar-refractivity contribution is 5.85. The molecule has 0 saturated carbocycles. The Morgan fingerprint density at radius 2 is 1.78 bits per heavy atom. The summed E-state index contributed by atoms with van der Waals surface area (Å²) >= 11 is 0. The molecule has 0 fully saturated rings. The average Bonchev–Trinajstić information content (AvgIpc) is 2.24. The van der Waals surface area contributed by atoms with Crippen molar-refractivity contribution in [3.05, 3.63) is 40.5 Å². The van der Waals surface area contributed by atoms with Crippen molar-refractivity contribution in [2.45, 2.75) is 46.5 Å². The molecule has 1 aromatic carbocycles. The van der Waals surface area contributed by atoms with E-state index in [0.717, 1.165) is 5.56 Å². The molecular formula is C16H22O2. The van der Waals surface area contributed by atoms with E-state index in [1.165, 1.54) is 22.8 Å². The molecule has 1 aromatic rings. The average molecular weight is 246 g/mol. The van der Waals surface area contributed by atoms with Crippen LogP contribution in [0.15, 0.2) is 18.2 Å². The Labute approximate surface area is 109 Å². The largest absolute Gasteiger partial charge is 0.478 e. The molecule has 0 heterocycles.